The van der Waals surface area contributed by atoms with E-state index >= 15 is 0 Å². The minimum absolute atomic E-state index is 0.0363. The van der Waals surface area contributed by atoms with Gasteiger partial charge in [0.15, 0.2) is 5.13 Å². The van der Waals surface area contributed by atoms with Gasteiger partial charge in [-0.25, -0.2) is 4.98 Å². The first-order valence-corrected chi connectivity index (χ1v) is 5.39. The van der Waals surface area contributed by atoms with Gasteiger partial charge >= 0.3 is 0 Å². The van der Waals surface area contributed by atoms with E-state index in [2.05, 4.69) is 9.88 Å². The van der Waals surface area contributed by atoms with Crippen molar-refractivity contribution in [3.8, 4) is 0 Å². The van der Waals surface area contributed by atoms with Crippen LogP contribution in [0.15, 0.2) is 5.38 Å². The first kappa shape index (κ1) is 11.4. The fraction of sp³-hybridized carbons (Fsp3) is 0.667. The molecule has 2 N–H and O–H groups in total. The Hall–Kier alpha value is -0.650. The molecule has 1 rings (SSSR count). The predicted molar refractivity (Wildman–Crippen MR) is 60.0 cm³/mol. The number of hydrogen-bond donors (Lipinski definition) is 1. The summed E-state index contributed by atoms with van der Waals surface area (Å²) in [5.41, 5.74) is 6.89. The molecule has 1 atom stereocenters. The lowest BCUT2D eigenvalue weighted by atomic mass is 10.3. The maximum Gasteiger partial charge on any atom is 0.185 e. The van der Waals surface area contributed by atoms with Crippen LogP contribution in [0.25, 0.3) is 0 Å². The van der Waals surface area contributed by atoms with Gasteiger partial charge in [-0.3, -0.25) is 0 Å². The monoisotopic (exact) mass is 215 g/mol. The standard InChI is InChI=1S/C9H17N3OS/c1-7-6-14-9(11-7)12(2)4-8(10)5-13-3/h6,8H,4-5,10H2,1-3H3. The molecule has 0 amide bonds. The van der Waals surface area contributed by atoms with Crippen molar-refractivity contribution in [2.45, 2.75) is 13.0 Å². The zero-order chi connectivity index (χ0) is 10.6. The van der Waals surface area contributed by atoms with Crippen LogP contribution >= 0.6 is 11.3 Å². The third-order valence-corrected chi connectivity index (χ3v) is 2.90. The number of anilines is 1. The largest absolute Gasteiger partial charge is 0.383 e. The van der Waals surface area contributed by atoms with Crippen molar-refractivity contribution in [3.05, 3.63) is 11.1 Å². The summed E-state index contributed by atoms with van der Waals surface area (Å²) in [6.07, 6.45) is 0. The zero-order valence-corrected chi connectivity index (χ0v) is 9.67. The van der Waals surface area contributed by atoms with E-state index in [1.54, 1.807) is 18.4 Å². The summed E-state index contributed by atoms with van der Waals surface area (Å²) in [4.78, 5) is 6.43. The Labute approximate surface area is 88.7 Å². The van der Waals surface area contributed by atoms with Crippen molar-refractivity contribution in [1.29, 1.82) is 0 Å². The quantitative estimate of drug-likeness (QED) is 0.791. The van der Waals surface area contributed by atoms with Gasteiger partial charge in [-0.1, -0.05) is 0 Å². The van der Waals surface area contributed by atoms with Gasteiger partial charge in [-0.15, -0.1) is 11.3 Å². The van der Waals surface area contributed by atoms with E-state index < -0.39 is 0 Å². The van der Waals surface area contributed by atoms with E-state index in [-0.39, 0.29) is 6.04 Å². The lowest BCUT2D eigenvalue weighted by molar-refractivity contribution is 0.181. The Balaban J connectivity index is 2.45. The van der Waals surface area contributed by atoms with Gasteiger partial charge in [0.1, 0.15) is 0 Å². The van der Waals surface area contributed by atoms with Crippen molar-refractivity contribution < 1.29 is 4.74 Å². The third kappa shape index (κ3) is 3.25. The van der Waals surface area contributed by atoms with Crippen LogP contribution in [0.1, 0.15) is 5.69 Å². The Morgan fingerprint density at radius 3 is 2.93 bits per heavy atom. The minimum atomic E-state index is 0.0363. The van der Waals surface area contributed by atoms with Gasteiger partial charge in [0.2, 0.25) is 0 Å². The molecule has 1 aromatic rings. The highest BCUT2D eigenvalue weighted by Gasteiger charge is 2.09. The Morgan fingerprint density at radius 2 is 2.43 bits per heavy atom. The third-order valence-electron chi connectivity index (χ3n) is 1.82. The Bertz CT molecular complexity index is 277. The first-order valence-electron chi connectivity index (χ1n) is 4.51. The molecule has 1 heterocycles. The fourth-order valence-corrected chi connectivity index (χ4v) is 1.99. The topological polar surface area (TPSA) is 51.4 Å². The summed E-state index contributed by atoms with van der Waals surface area (Å²) in [5, 5.41) is 3.04. The molecule has 0 aromatic carbocycles. The van der Waals surface area contributed by atoms with E-state index in [0.717, 1.165) is 17.4 Å². The van der Waals surface area contributed by atoms with Crippen LogP contribution in [0.5, 0.6) is 0 Å². The van der Waals surface area contributed by atoms with Crippen LogP contribution in [0.4, 0.5) is 5.13 Å². The SMILES string of the molecule is COCC(N)CN(C)c1nc(C)cs1. The normalized spacial score (nSPS) is 12.9. The molecule has 1 unspecified atom stereocenters. The molecule has 0 spiro atoms. The smallest absolute Gasteiger partial charge is 0.185 e. The minimum Gasteiger partial charge on any atom is -0.383 e. The lowest BCUT2D eigenvalue weighted by Gasteiger charge is -2.19. The summed E-state index contributed by atoms with van der Waals surface area (Å²) in [6.45, 7) is 3.33. The molecule has 0 aliphatic heterocycles. The van der Waals surface area contributed by atoms with Crippen LogP contribution in [0, 0.1) is 6.92 Å². The number of methoxy groups -OCH3 is 1. The molecule has 0 saturated heterocycles. The van der Waals surface area contributed by atoms with E-state index in [1.807, 2.05) is 19.4 Å². The average molecular weight is 215 g/mol. The van der Waals surface area contributed by atoms with Gasteiger partial charge in [0.25, 0.3) is 0 Å². The second kappa shape index (κ2) is 5.29. The number of thiazole rings is 1. The molecular weight excluding hydrogens is 198 g/mol. The molecule has 0 radical (unpaired) electrons. The van der Waals surface area contributed by atoms with E-state index in [9.17, 15) is 0 Å². The summed E-state index contributed by atoms with van der Waals surface area (Å²) < 4.78 is 4.98. The molecule has 14 heavy (non-hydrogen) atoms. The molecule has 0 bridgehead atoms. The van der Waals surface area contributed by atoms with Crippen molar-refractivity contribution in [1.82, 2.24) is 4.98 Å². The molecule has 0 fully saturated rings. The molecule has 5 heteroatoms. The number of ether oxygens (including phenoxy) is 1. The van der Waals surface area contributed by atoms with Crippen molar-refractivity contribution in [3.63, 3.8) is 0 Å². The Kier molecular flexibility index (Phi) is 4.31. The highest BCUT2D eigenvalue weighted by Crippen LogP contribution is 2.18. The van der Waals surface area contributed by atoms with Crippen LogP contribution in [-0.4, -0.2) is 38.3 Å². The first-order chi connectivity index (χ1) is 6.63. The van der Waals surface area contributed by atoms with Gasteiger partial charge in [0.05, 0.1) is 12.3 Å². The molecule has 4 nitrogen and oxygen atoms in total. The van der Waals surface area contributed by atoms with Gasteiger partial charge in [-0.2, -0.15) is 0 Å². The van der Waals surface area contributed by atoms with E-state index in [1.165, 1.54) is 0 Å². The van der Waals surface area contributed by atoms with Crippen LogP contribution < -0.4 is 10.6 Å². The second-order valence-electron chi connectivity index (χ2n) is 3.37. The second-order valence-corrected chi connectivity index (χ2v) is 4.20. The summed E-state index contributed by atoms with van der Waals surface area (Å²) in [7, 11) is 3.65. The number of aromatic nitrogens is 1. The van der Waals surface area contributed by atoms with Crippen LogP contribution in [0.2, 0.25) is 0 Å². The van der Waals surface area contributed by atoms with Crippen molar-refractivity contribution in [2.75, 3.05) is 32.2 Å². The molecule has 80 valence electrons. The fourth-order valence-electron chi connectivity index (χ4n) is 1.21. The predicted octanol–water partition coefficient (Wildman–Crippen LogP) is 0.861. The number of hydrogen-bond acceptors (Lipinski definition) is 5. The molecule has 0 aliphatic carbocycles. The Morgan fingerprint density at radius 1 is 1.71 bits per heavy atom. The maximum atomic E-state index is 5.84. The highest BCUT2D eigenvalue weighted by atomic mass is 32.1. The zero-order valence-electron chi connectivity index (χ0n) is 8.86. The molecule has 0 aliphatic rings. The number of rotatable bonds is 5. The van der Waals surface area contributed by atoms with E-state index in [0.29, 0.717) is 6.61 Å². The number of nitrogens with zero attached hydrogens (tertiary/aromatic N) is 2. The summed E-state index contributed by atoms with van der Waals surface area (Å²) in [5.74, 6) is 0. The van der Waals surface area contributed by atoms with E-state index in [4.69, 9.17) is 10.5 Å². The summed E-state index contributed by atoms with van der Waals surface area (Å²) in [6, 6.07) is 0.0363. The molecule has 0 saturated carbocycles. The van der Waals surface area contributed by atoms with Gasteiger partial charge in [-0.05, 0) is 6.92 Å². The number of likely N-dealkylation sites (N-methyl/N-ethyl adjacent to an activating group) is 1. The number of nitrogens with two attached hydrogens (primary N) is 1. The summed E-state index contributed by atoms with van der Waals surface area (Å²) >= 11 is 1.64. The van der Waals surface area contributed by atoms with Crippen LogP contribution in [-0.2, 0) is 4.74 Å². The van der Waals surface area contributed by atoms with Crippen molar-refractivity contribution >= 4 is 16.5 Å². The van der Waals surface area contributed by atoms with Gasteiger partial charge in [0, 0.05) is 32.1 Å². The molecule has 1 aromatic heterocycles. The van der Waals surface area contributed by atoms with Crippen molar-refractivity contribution in [2.24, 2.45) is 5.73 Å². The van der Waals surface area contributed by atoms with Crippen LogP contribution in [0.3, 0.4) is 0 Å². The lowest BCUT2D eigenvalue weighted by Crippen LogP contribution is -2.38. The molecular formula is C9H17N3OS. The average Bonchev–Trinajstić information content (AvgIpc) is 2.52. The number of aryl methyl sites for hydroxylation is 1. The van der Waals surface area contributed by atoms with Gasteiger partial charge < -0.3 is 15.4 Å². The highest BCUT2D eigenvalue weighted by molar-refractivity contribution is 7.13. The maximum absolute atomic E-state index is 5.84.